The number of anilines is 1. The molecular weight excluding hydrogens is 472 g/mol. The Morgan fingerprint density at radius 2 is 1.81 bits per heavy atom. The number of nitrogens with zero attached hydrogens (tertiary/aromatic N) is 1. The zero-order valence-electron chi connectivity index (χ0n) is 20.3. The summed E-state index contributed by atoms with van der Waals surface area (Å²) in [6.07, 6.45) is 1.47. The number of carbonyl (C=O) groups is 1. The van der Waals surface area contributed by atoms with E-state index < -0.39 is 5.91 Å². The number of amides is 1. The Bertz CT molecular complexity index is 1510. The molecule has 0 radical (unpaired) electrons. The summed E-state index contributed by atoms with van der Waals surface area (Å²) in [5.74, 6) is 0.287. The van der Waals surface area contributed by atoms with E-state index in [0.717, 1.165) is 27.5 Å². The standard InChI is InChI=1S/C30H25ClN2O3/c1-19-11-12-25(13-20(19)2)33-30(34)24(17-32)14-21-15-27(31)29(28(16-21)35-3)36-18-23-9-6-8-22-7-4-5-10-26(22)23/h4-16H,18H2,1-3H3,(H,33,34)/b24-14+. The van der Waals surface area contributed by atoms with Crippen LogP contribution in [-0.2, 0) is 11.4 Å². The zero-order valence-corrected chi connectivity index (χ0v) is 21.0. The highest BCUT2D eigenvalue weighted by atomic mass is 35.5. The third-order valence-electron chi connectivity index (χ3n) is 5.94. The SMILES string of the molecule is COc1cc(/C=C(\C#N)C(=O)Nc2ccc(C)c(C)c2)cc(Cl)c1OCc1cccc2ccccc12. The maximum absolute atomic E-state index is 12.7. The Kier molecular flexibility index (Phi) is 7.58. The molecule has 0 heterocycles. The minimum atomic E-state index is -0.507. The normalized spacial score (nSPS) is 11.1. The van der Waals surface area contributed by atoms with E-state index in [9.17, 15) is 10.1 Å². The number of ether oxygens (including phenoxy) is 2. The lowest BCUT2D eigenvalue weighted by molar-refractivity contribution is -0.112. The van der Waals surface area contributed by atoms with Gasteiger partial charge < -0.3 is 14.8 Å². The van der Waals surface area contributed by atoms with Gasteiger partial charge in [0.15, 0.2) is 11.5 Å². The number of rotatable bonds is 7. The number of fused-ring (bicyclic) bond motifs is 1. The third-order valence-corrected chi connectivity index (χ3v) is 6.23. The minimum absolute atomic E-state index is 0.0595. The van der Waals surface area contributed by atoms with E-state index in [1.807, 2.05) is 62.4 Å². The van der Waals surface area contributed by atoms with Gasteiger partial charge in [-0.3, -0.25) is 4.79 Å². The lowest BCUT2D eigenvalue weighted by Gasteiger charge is -2.14. The molecule has 4 rings (SSSR count). The Hall–Kier alpha value is -4.27. The van der Waals surface area contributed by atoms with Gasteiger partial charge in [-0.2, -0.15) is 5.26 Å². The van der Waals surface area contributed by atoms with Crippen molar-refractivity contribution in [3.63, 3.8) is 0 Å². The molecule has 0 aromatic heterocycles. The van der Waals surface area contributed by atoms with Crippen molar-refractivity contribution >= 4 is 40.0 Å². The minimum Gasteiger partial charge on any atom is -0.493 e. The Balaban J connectivity index is 1.56. The van der Waals surface area contributed by atoms with Crippen LogP contribution < -0.4 is 14.8 Å². The molecule has 4 aromatic rings. The molecule has 0 saturated heterocycles. The largest absolute Gasteiger partial charge is 0.493 e. The van der Waals surface area contributed by atoms with Crippen LogP contribution in [0.4, 0.5) is 5.69 Å². The van der Waals surface area contributed by atoms with Gasteiger partial charge in [-0.05, 0) is 77.2 Å². The lowest BCUT2D eigenvalue weighted by Crippen LogP contribution is -2.13. The maximum atomic E-state index is 12.7. The molecule has 4 aromatic carbocycles. The molecule has 0 spiro atoms. The fourth-order valence-electron chi connectivity index (χ4n) is 3.86. The first-order chi connectivity index (χ1) is 17.4. The summed E-state index contributed by atoms with van der Waals surface area (Å²) >= 11 is 6.55. The molecule has 0 aliphatic rings. The van der Waals surface area contributed by atoms with Gasteiger partial charge in [-0.15, -0.1) is 0 Å². The molecule has 0 fully saturated rings. The van der Waals surface area contributed by atoms with Crippen LogP contribution in [-0.4, -0.2) is 13.0 Å². The van der Waals surface area contributed by atoms with Gasteiger partial charge in [0.2, 0.25) is 0 Å². The Labute approximate surface area is 215 Å². The molecule has 1 amide bonds. The van der Waals surface area contributed by atoms with E-state index in [2.05, 4.69) is 17.4 Å². The summed E-state index contributed by atoms with van der Waals surface area (Å²) < 4.78 is 11.6. The van der Waals surface area contributed by atoms with Crippen molar-refractivity contribution in [3.05, 3.63) is 106 Å². The molecule has 5 nitrogen and oxygen atoms in total. The quantitative estimate of drug-likeness (QED) is 0.216. The van der Waals surface area contributed by atoms with Crippen molar-refractivity contribution in [2.24, 2.45) is 0 Å². The summed E-state index contributed by atoms with van der Waals surface area (Å²) in [5.41, 5.74) is 4.29. The second-order valence-electron chi connectivity index (χ2n) is 8.38. The highest BCUT2D eigenvalue weighted by Crippen LogP contribution is 2.38. The van der Waals surface area contributed by atoms with Gasteiger partial charge in [-0.25, -0.2) is 0 Å². The number of aryl methyl sites for hydroxylation is 2. The molecule has 0 aliphatic carbocycles. The van der Waals surface area contributed by atoms with Crippen LogP contribution >= 0.6 is 11.6 Å². The number of carbonyl (C=O) groups excluding carboxylic acids is 1. The summed E-state index contributed by atoms with van der Waals surface area (Å²) in [4.78, 5) is 12.7. The molecule has 0 aliphatic heterocycles. The second-order valence-corrected chi connectivity index (χ2v) is 8.79. The van der Waals surface area contributed by atoms with Gasteiger partial charge in [0, 0.05) is 5.69 Å². The van der Waals surface area contributed by atoms with E-state index >= 15 is 0 Å². The van der Waals surface area contributed by atoms with Crippen LogP contribution in [0.5, 0.6) is 11.5 Å². The molecule has 36 heavy (non-hydrogen) atoms. The van der Waals surface area contributed by atoms with Crippen molar-refractivity contribution in [1.29, 1.82) is 5.26 Å². The predicted molar refractivity (Wildman–Crippen MR) is 144 cm³/mol. The summed E-state index contributed by atoms with van der Waals surface area (Å²) in [6, 6.07) is 25.0. The average Bonchev–Trinajstić information content (AvgIpc) is 2.88. The van der Waals surface area contributed by atoms with Crippen molar-refractivity contribution in [2.45, 2.75) is 20.5 Å². The first-order valence-corrected chi connectivity index (χ1v) is 11.7. The van der Waals surface area contributed by atoms with Crippen LogP contribution in [0.3, 0.4) is 0 Å². The highest BCUT2D eigenvalue weighted by molar-refractivity contribution is 6.32. The smallest absolute Gasteiger partial charge is 0.266 e. The van der Waals surface area contributed by atoms with E-state index in [1.165, 1.54) is 13.2 Å². The molecule has 0 saturated carbocycles. The molecule has 6 heteroatoms. The van der Waals surface area contributed by atoms with Crippen LogP contribution in [0.1, 0.15) is 22.3 Å². The summed E-state index contributed by atoms with van der Waals surface area (Å²) in [7, 11) is 1.52. The van der Waals surface area contributed by atoms with Gasteiger partial charge in [0.05, 0.1) is 12.1 Å². The Morgan fingerprint density at radius 3 is 2.56 bits per heavy atom. The first-order valence-electron chi connectivity index (χ1n) is 11.4. The van der Waals surface area contributed by atoms with Gasteiger partial charge in [0.1, 0.15) is 18.2 Å². The van der Waals surface area contributed by atoms with Gasteiger partial charge in [0.25, 0.3) is 5.91 Å². The van der Waals surface area contributed by atoms with Crippen LogP contribution in [0.2, 0.25) is 5.02 Å². The van der Waals surface area contributed by atoms with Gasteiger partial charge >= 0.3 is 0 Å². The zero-order chi connectivity index (χ0) is 25.7. The number of nitriles is 1. The lowest BCUT2D eigenvalue weighted by atomic mass is 10.1. The first kappa shape index (κ1) is 24.8. The number of hydrogen-bond donors (Lipinski definition) is 1. The topological polar surface area (TPSA) is 71.3 Å². The van der Waals surface area contributed by atoms with Crippen molar-refractivity contribution in [3.8, 4) is 17.6 Å². The number of hydrogen-bond acceptors (Lipinski definition) is 4. The molecule has 0 atom stereocenters. The second kappa shape index (κ2) is 11.0. The monoisotopic (exact) mass is 496 g/mol. The molecule has 0 bridgehead atoms. The van der Waals surface area contributed by atoms with Crippen LogP contribution in [0.15, 0.2) is 78.4 Å². The third kappa shape index (κ3) is 5.51. The number of halogens is 1. The van der Waals surface area contributed by atoms with Gasteiger partial charge in [-0.1, -0.05) is 60.1 Å². The number of benzene rings is 4. The number of nitrogens with one attached hydrogen (secondary N) is 1. The predicted octanol–water partition coefficient (Wildman–Crippen LogP) is 7.24. The average molecular weight is 497 g/mol. The molecule has 180 valence electrons. The number of methoxy groups -OCH3 is 1. The van der Waals surface area contributed by atoms with Crippen LogP contribution in [0.25, 0.3) is 16.8 Å². The van der Waals surface area contributed by atoms with Crippen molar-refractivity contribution in [1.82, 2.24) is 0 Å². The molecule has 0 unspecified atom stereocenters. The van der Waals surface area contributed by atoms with E-state index in [1.54, 1.807) is 18.2 Å². The van der Waals surface area contributed by atoms with E-state index in [4.69, 9.17) is 21.1 Å². The molecular formula is C30H25ClN2O3. The fourth-order valence-corrected chi connectivity index (χ4v) is 4.14. The Morgan fingerprint density at radius 1 is 1.03 bits per heavy atom. The van der Waals surface area contributed by atoms with Crippen LogP contribution in [0, 0.1) is 25.2 Å². The summed E-state index contributed by atoms with van der Waals surface area (Å²) in [5, 5.41) is 14.9. The van der Waals surface area contributed by atoms with E-state index in [0.29, 0.717) is 34.4 Å². The fraction of sp³-hybridized carbons (Fsp3) is 0.133. The highest BCUT2D eigenvalue weighted by Gasteiger charge is 2.15. The maximum Gasteiger partial charge on any atom is 0.266 e. The summed E-state index contributed by atoms with van der Waals surface area (Å²) in [6.45, 7) is 4.26. The molecule has 1 N–H and O–H groups in total. The van der Waals surface area contributed by atoms with Crippen molar-refractivity contribution in [2.75, 3.05) is 12.4 Å². The van der Waals surface area contributed by atoms with Crippen molar-refractivity contribution < 1.29 is 14.3 Å². The van der Waals surface area contributed by atoms with E-state index in [-0.39, 0.29) is 5.57 Å².